The Morgan fingerprint density at radius 3 is 2.47 bits per heavy atom. The number of nitrogens with zero attached hydrogens (tertiary/aromatic N) is 4. The first-order valence-corrected chi connectivity index (χ1v) is 5.66. The standard InChI is InChI=1S/C10H15F3N4O2/c1-6-9(18)16(5-17(6,3)19)8-4-7(10(11,12)13)15(2)14-8/h4,6,9,18H,5H2,1-3H3. The summed E-state index contributed by atoms with van der Waals surface area (Å²) in [5.74, 6) is -0.0492. The summed E-state index contributed by atoms with van der Waals surface area (Å²) in [5.41, 5.74) is -0.922. The highest BCUT2D eigenvalue weighted by molar-refractivity contribution is 5.41. The van der Waals surface area contributed by atoms with E-state index in [1.807, 2.05) is 0 Å². The largest absolute Gasteiger partial charge is 0.631 e. The van der Waals surface area contributed by atoms with Crippen LogP contribution in [0.1, 0.15) is 12.6 Å². The maximum Gasteiger partial charge on any atom is 0.433 e. The van der Waals surface area contributed by atoms with Crippen LogP contribution in [-0.4, -0.2) is 45.5 Å². The number of aryl methyl sites for hydroxylation is 1. The second-order valence-corrected chi connectivity index (χ2v) is 4.95. The Labute approximate surface area is 107 Å². The quantitative estimate of drug-likeness (QED) is 0.612. The van der Waals surface area contributed by atoms with Gasteiger partial charge in [-0.15, -0.1) is 0 Å². The number of likely N-dealkylation sites (N-methyl/N-ethyl adjacent to an activating group) is 1. The topological polar surface area (TPSA) is 64.3 Å². The van der Waals surface area contributed by atoms with E-state index >= 15 is 0 Å². The van der Waals surface area contributed by atoms with Gasteiger partial charge in [0.1, 0.15) is 11.7 Å². The van der Waals surface area contributed by atoms with Crippen LogP contribution >= 0.6 is 0 Å². The highest BCUT2D eigenvalue weighted by atomic mass is 19.4. The summed E-state index contributed by atoms with van der Waals surface area (Å²) < 4.78 is 37.9. The molecule has 0 aromatic carbocycles. The number of alkyl halides is 3. The smallest absolute Gasteiger partial charge is 0.433 e. The average Bonchev–Trinajstić information content (AvgIpc) is 2.73. The zero-order valence-electron chi connectivity index (χ0n) is 10.7. The molecular formula is C10H15F3N4O2. The first-order chi connectivity index (χ1) is 8.54. The number of anilines is 1. The third kappa shape index (κ3) is 2.28. The Balaban J connectivity index is 2.35. The summed E-state index contributed by atoms with van der Waals surface area (Å²) in [5, 5.41) is 25.6. The Hall–Kier alpha value is -1.32. The number of aliphatic hydroxyl groups is 1. The first-order valence-electron chi connectivity index (χ1n) is 5.66. The predicted molar refractivity (Wildman–Crippen MR) is 60.6 cm³/mol. The third-order valence-electron chi connectivity index (χ3n) is 3.50. The minimum atomic E-state index is -4.52. The number of hydrogen-bond acceptors (Lipinski definition) is 4. The molecule has 3 atom stereocenters. The lowest BCUT2D eigenvalue weighted by atomic mass is 10.3. The van der Waals surface area contributed by atoms with Crippen molar-refractivity contribution in [1.82, 2.24) is 9.78 Å². The average molecular weight is 280 g/mol. The molecule has 1 aromatic heterocycles. The van der Waals surface area contributed by atoms with E-state index in [1.165, 1.54) is 19.0 Å². The van der Waals surface area contributed by atoms with E-state index in [-0.39, 0.29) is 12.5 Å². The molecule has 3 unspecified atom stereocenters. The second kappa shape index (κ2) is 4.09. The monoisotopic (exact) mass is 280 g/mol. The summed E-state index contributed by atoms with van der Waals surface area (Å²) in [6.07, 6.45) is -5.68. The van der Waals surface area contributed by atoms with Gasteiger partial charge >= 0.3 is 6.18 Å². The lowest BCUT2D eigenvalue weighted by molar-refractivity contribution is -0.872. The highest BCUT2D eigenvalue weighted by Gasteiger charge is 2.44. The number of hydrogen-bond donors (Lipinski definition) is 1. The molecule has 0 aliphatic carbocycles. The minimum Gasteiger partial charge on any atom is -0.631 e. The van der Waals surface area contributed by atoms with Gasteiger partial charge in [-0.25, -0.2) is 0 Å². The molecule has 1 aliphatic rings. The van der Waals surface area contributed by atoms with Gasteiger partial charge in [-0.3, -0.25) is 9.58 Å². The zero-order chi connectivity index (χ0) is 14.6. The van der Waals surface area contributed by atoms with E-state index in [2.05, 4.69) is 5.10 Å². The van der Waals surface area contributed by atoms with Gasteiger partial charge in [-0.05, 0) is 6.92 Å². The van der Waals surface area contributed by atoms with Crippen LogP contribution in [0.5, 0.6) is 0 Å². The molecule has 0 saturated carbocycles. The van der Waals surface area contributed by atoms with Crippen LogP contribution in [0.3, 0.4) is 0 Å². The molecule has 1 fully saturated rings. The number of quaternary nitrogens is 1. The molecule has 0 spiro atoms. The van der Waals surface area contributed by atoms with E-state index in [9.17, 15) is 23.5 Å². The van der Waals surface area contributed by atoms with Crippen molar-refractivity contribution in [3.8, 4) is 0 Å². The number of aliphatic hydroxyl groups excluding tert-OH is 1. The van der Waals surface area contributed by atoms with E-state index < -0.39 is 28.8 Å². The second-order valence-electron chi connectivity index (χ2n) is 4.95. The van der Waals surface area contributed by atoms with Gasteiger partial charge in [-0.2, -0.15) is 18.3 Å². The Bertz CT molecular complexity index is 486. The van der Waals surface area contributed by atoms with Crippen LogP contribution in [0.4, 0.5) is 19.0 Å². The third-order valence-corrected chi connectivity index (χ3v) is 3.50. The van der Waals surface area contributed by atoms with Crippen LogP contribution in [0.25, 0.3) is 0 Å². The number of rotatable bonds is 1. The SMILES string of the molecule is CC1C(O)N(c2cc(C(F)(F)F)n(C)n2)C[N+]1(C)[O-]. The highest BCUT2D eigenvalue weighted by Crippen LogP contribution is 2.34. The zero-order valence-corrected chi connectivity index (χ0v) is 10.7. The number of halogens is 3. The van der Waals surface area contributed by atoms with Crippen molar-refractivity contribution in [2.75, 3.05) is 18.6 Å². The van der Waals surface area contributed by atoms with Crippen molar-refractivity contribution in [3.63, 3.8) is 0 Å². The van der Waals surface area contributed by atoms with Gasteiger partial charge in [0.05, 0.1) is 7.05 Å². The molecule has 1 aliphatic heterocycles. The fourth-order valence-electron chi connectivity index (χ4n) is 2.12. The van der Waals surface area contributed by atoms with Crippen molar-refractivity contribution >= 4 is 5.82 Å². The van der Waals surface area contributed by atoms with Gasteiger partial charge in [-0.1, -0.05) is 0 Å². The van der Waals surface area contributed by atoms with E-state index in [0.29, 0.717) is 4.68 Å². The molecule has 19 heavy (non-hydrogen) atoms. The van der Waals surface area contributed by atoms with Crippen molar-refractivity contribution in [2.45, 2.75) is 25.4 Å². The molecule has 1 N–H and O–H groups in total. The van der Waals surface area contributed by atoms with E-state index in [0.717, 1.165) is 6.07 Å². The van der Waals surface area contributed by atoms with Gasteiger partial charge in [0, 0.05) is 13.1 Å². The maximum absolute atomic E-state index is 12.7. The van der Waals surface area contributed by atoms with Crippen molar-refractivity contribution < 1.29 is 22.9 Å². The van der Waals surface area contributed by atoms with Crippen LogP contribution in [-0.2, 0) is 13.2 Å². The van der Waals surface area contributed by atoms with Crippen LogP contribution < -0.4 is 4.90 Å². The predicted octanol–water partition coefficient (Wildman–Crippen LogP) is 0.868. The molecule has 1 aromatic rings. The number of aromatic nitrogens is 2. The Morgan fingerprint density at radius 2 is 2.11 bits per heavy atom. The van der Waals surface area contributed by atoms with Gasteiger partial charge in [0.2, 0.25) is 0 Å². The molecule has 108 valence electrons. The molecule has 1 saturated heterocycles. The Kier molecular flexibility index (Phi) is 3.03. The lowest BCUT2D eigenvalue weighted by Crippen LogP contribution is -2.43. The fourth-order valence-corrected chi connectivity index (χ4v) is 2.12. The molecule has 6 nitrogen and oxygen atoms in total. The van der Waals surface area contributed by atoms with Crippen LogP contribution in [0.2, 0.25) is 0 Å². The first kappa shape index (κ1) is 14.1. The lowest BCUT2D eigenvalue weighted by Gasteiger charge is -2.37. The number of hydroxylamine groups is 3. The summed E-state index contributed by atoms with van der Waals surface area (Å²) in [6.45, 7) is 1.40. The summed E-state index contributed by atoms with van der Waals surface area (Å²) >= 11 is 0. The van der Waals surface area contributed by atoms with Crippen molar-refractivity contribution in [3.05, 3.63) is 17.0 Å². The molecule has 2 rings (SSSR count). The summed E-state index contributed by atoms with van der Waals surface area (Å²) in [4.78, 5) is 1.19. The molecule has 9 heteroatoms. The molecule has 0 bridgehead atoms. The summed E-state index contributed by atoms with van der Waals surface area (Å²) in [6, 6.07) is 0.178. The molecular weight excluding hydrogens is 265 g/mol. The normalized spacial score (nSPS) is 32.1. The fraction of sp³-hybridized carbons (Fsp3) is 0.700. The van der Waals surface area contributed by atoms with Crippen LogP contribution in [0.15, 0.2) is 6.07 Å². The minimum absolute atomic E-state index is 0.0492. The van der Waals surface area contributed by atoms with Gasteiger partial charge in [0.25, 0.3) is 0 Å². The molecule has 0 radical (unpaired) electrons. The molecule has 0 amide bonds. The van der Waals surface area contributed by atoms with E-state index in [1.54, 1.807) is 6.92 Å². The van der Waals surface area contributed by atoms with E-state index in [4.69, 9.17) is 0 Å². The van der Waals surface area contributed by atoms with Gasteiger partial charge < -0.3 is 15.0 Å². The van der Waals surface area contributed by atoms with Crippen molar-refractivity contribution in [2.24, 2.45) is 7.05 Å². The summed E-state index contributed by atoms with van der Waals surface area (Å²) in [7, 11) is 2.53. The maximum atomic E-state index is 12.7. The van der Waals surface area contributed by atoms with Crippen molar-refractivity contribution in [1.29, 1.82) is 0 Å². The Morgan fingerprint density at radius 1 is 1.53 bits per heavy atom. The van der Waals surface area contributed by atoms with Crippen LogP contribution in [0, 0.1) is 5.21 Å². The molecule has 2 heterocycles. The van der Waals surface area contributed by atoms with Gasteiger partial charge in [0.15, 0.2) is 18.7 Å².